The number of rotatable bonds is 5. The number of anilines is 5. The van der Waals surface area contributed by atoms with Gasteiger partial charge in [0.25, 0.3) is 0 Å². The maximum absolute atomic E-state index is 9.08. The summed E-state index contributed by atoms with van der Waals surface area (Å²) in [7, 11) is 2.16. The highest BCUT2D eigenvalue weighted by molar-refractivity contribution is 5.65. The summed E-state index contributed by atoms with van der Waals surface area (Å²) >= 11 is 0. The highest BCUT2D eigenvalue weighted by Gasteiger charge is 2.14. The van der Waals surface area contributed by atoms with Crippen LogP contribution in [0.2, 0.25) is 0 Å². The molecule has 3 aromatic rings. The van der Waals surface area contributed by atoms with Crippen LogP contribution in [0.25, 0.3) is 0 Å². The number of nitrogens with one attached hydrogen (secondary N) is 2. The minimum Gasteiger partial charge on any atom is -0.369 e. The van der Waals surface area contributed by atoms with Crippen molar-refractivity contribution in [2.24, 2.45) is 0 Å². The van der Waals surface area contributed by atoms with Crippen LogP contribution in [0, 0.1) is 18.3 Å². The molecule has 7 nitrogen and oxygen atoms in total. The van der Waals surface area contributed by atoms with Gasteiger partial charge in [0.1, 0.15) is 17.5 Å². The first-order valence-corrected chi connectivity index (χ1v) is 10.0. The lowest BCUT2D eigenvalue weighted by molar-refractivity contribution is 0.313. The second-order valence-electron chi connectivity index (χ2n) is 7.47. The van der Waals surface area contributed by atoms with Gasteiger partial charge in [-0.15, -0.1) is 0 Å². The fourth-order valence-electron chi connectivity index (χ4n) is 3.48. The van der Waals surface area contributed by atoms with E-state index in [1.807, 2.05) is 25.1 Å². The molecule has 0 aliphatic carbocycles. The maximum Gasteiger partial charge on any atom is 0.136 e. The molecule has 0 amide bonds. The Balaban J connectivity index is 1.46. The lowest BCUT2D eigenvalue weighted by atomic mass is 10.2. The highest BCUT2D eigenvalue weighted by Crippen LogP contribution is 2.23. The summed E-state index contributed by atoms with van der Waals surface area (Å²) in [5, 5.41) is 15.7. The molecule has 1 saturated heterocycles. The van der Waals surface area contributed by atoms with Crippen LogP contribution in [0.3, 0.4) is 0 Å². The zero-order valence-corrected chi connectivity index (χ0v) is 17.3. The van der Waals surface area contributed by atoms with E-state index in [9.17, 15) is 0 Å². The SMILES string of the molecule is Cc1nc(Nc2ccc(N3CCN(C)CC3)cc2)cc(Nc2cccc(C#N)c2)n1. The van der Waals surface area contributed by atoms with Crippen LogP contribution >= 0.6 is 0 Å². The number of nitriles is 1. The van der Waals surface area contributed by atoms with Gasteiger partial charge in [-0.3, -0.25) is 0 Å². The second-order valence-corrected chi connectivity index (χ2v) is 7.47. The number of likely N-dealkylation sites (N-methyl/N-ethyl adjacent to an activating group) is 1. The second kappa shape index (κ2) is 8.80. The topological polar surface area (TPSA) is 80.1 Å². The molecule has 0 spiro atoms. The molecular formula is C23H25N7. The Morgan fingerprint density at radius 3 is 2.20 bits per heavy atom. The molecule has 1 aliphatic heterocycles. The molecule has 7 heteroatoms. The van der Waals surface area contributed by atoms with E-state index in [2.05, 4.69) is 67.8 Å². The van der Waals surface area contributed by atoms with Crippen molar-refractivity contribution in [1.29, 1.82) is 5.26 Å². The maximum atomic E-state index is 9.08. The summed E-state index contributed by atoms with van der Waals surface area (Å²) in [4.78, 5) is 13.7. The number of nitrogens with zero attached hydrogens (tertiary/aromatic N) is 5. The smallest absolute Gasteiger partial charge is 0.136 e. The fourth-order valence-corrected chi connectivity index (χ4v) is 3.48. The molecule has 2 aromatic carbocycles. The first-order valence-electron chi connectivity index (χ1n) is 10.0. The van der Waals surface area contributed by atoms with E-state index in [1.54, 1.807) is 12.1 Å². The molecule has 0 unspecified atom stereocenters. The molecule has 1 fully saturated rings. The van der Waals surface area contributed by atoms with Gasteiger partial charge in [0.15, 0.2) is 0 Å². The zero-order chi connectivity index (χ0) is 20.9. The highest BCUT2D eigenvalue weighted by atomic mass is 15.2. The first-order chi connectivity index (χ1) is 14.6. The Morgan fingerprint density at radius 1 is 0.867 bits per heavy atom. The fraction of sp³-hybridized carbons (Fsp3) is 0.261. The molecule has 30 heavy (non-hydrogen) atoms. The Bertz CT molecular complexity index is 1050. The van der Waals surface area contributed by atoms with Gasteiger partial charge in [-0.25, -0.2) is 9.97 Å². The molecule has 152 valence electrons. The Labute approximate surface area is 177 Å². The normalized spacial score (nSPS) is 14.2. The van der Waals surface area contributed by atoms with Crippen LogP contribution in [0.4, 0.5) is 28.7 Å². The quantitative estimate of drug-likeness (QED) is 0.673. The van der Waals surface area contributed by atoms with Crippen molar-refractivity contribution in [3.8, 4) is 6.07 Å². The third kappa shape index (κ3) is 4.85. The average molecular weight is 400 g/mol. The van der Waals surface area contributed by atoms with E-state index in [4.69, 9.17) is 5.26 Å². The van der Waals surface area contributed by atoms with Crippen LogP contribution in [-0.2, 0) is 0 Å². The molecule has 1 aliphatic rings. The summed E-state index contributed by atoms with van der Waals surface area (Å²) in [6, 6.07) is 19.8. The van der Waals surface area contributed by atoms with Crippen molar-refractivity contribution in [2.45, 2.75) is 6.92 Å². The predicted molar refractivity (Wildman–Crippen MR) is 121 cm³/mol. The van der Waals surface area contributed by atoms with Gasteiger partial charge in [0.05, 0.1) is 11.6 Å². The number of aromatic nitrogens is 2. The van der Waals surface area contributed by atoms with Crippen LogP contribution in [0.1, 0.15) is 11.4 Å². The Kier molecular flexibility index (Phi) is 5.77. The minimum atomic E-state index is 0.601. The monoisotopic (exact) mass is 399 g/mol. The number of hydrogen-bond acceptors (Lipinski definition) is 7. The predicted octanol–water partition coefficient (Wildman–Crippen LogP) is 3.90. The van der Waals surface area contributed by atoms with E-state index >= 15 is 0 Å². The van der Waals surface area contributed by atoms with Crippen molar-refractivity contribution >= 4 is 28.7 Å². The van der Waals surface area contributed by atoms with Crippen LogP contribution in [0.15, 0.2) is 54.6 Å². The summed E-state index contributed by atoms with van der Waals surface area (Å²) < 4.78 is 0. The van der Waals surface area contributed by atoms with Gasteiger partial charge in [-0.2, -0.15) is 5.26 Å². The first kappa shape index (κ1) is 19.7. The van der Waals surface area contributed by atoms with Gasteiger partial charge in [0, 0.05) is 49.3 Å². The van der Waals surface area contributed by atoms with E-state index in [1.165, 1.54) is 5.69 Å². The van der Waals surface area contributed by atoms with Gasteiger partial charge < -0.3 is 20.4 Å². The van der Waals surface area contributed by atoms with Gasteiger partial charge in [-0.1, -0.05) is 6.07 Å². The van der Waals surface area contributed by atoms with Crippen LogP contribution in [-0.4, -0.2) is 48.1 Å². The molecule has 2 heterocycles. The number of hydrogen-bond donors (Lipinski definition) is 2. The van der Waals surface area contributed by atoms with E-state index in [0.29, 0.717) is 23.0 Å². The summed E-state index contributed by atoms with van der Waals surface area (Å²) in [6.07, 6.45) is 0. The summed E-state index contributed by atoms with van der Waals surface area (Å²) in [5.74, 6) is 2.05. The Hall–Kier alpha value is -3.63. The standard InChI is InChI=1S/C23H25N7/c1-17-25-22(15-23(26-17)28-20-5-3-4-18(14-20)16-24)27-19-6-8-21(9-7-19)30-12-10-29(2)11-13-30/h3-9,14-15H,10-13H2,1-2H3,(H2,25,26,27,28). The van der Waals surface area contributed by atoms with Crippen LogP contribution < -0.4 is 15.5 Å². The number of benzene rings is 2. The van der Waals surface area contributed by atoms with Crippen LogP contribution in [0.5, 0.6) is 0 Å². The number of aryl methyl sites for hydroxylation is 1. The molecule has 2 N–H and O–H groups in total. The molecular weight excluding hydrogens is 374 g/mol. The molecule has 1 aromatic heterocycles. The van der Waals surface area contributed by atoms with E-state index in [0.717, 1.165) is 37.6 Å². The lowest BCUT2D eigenvalue weighted by Crippen LogP contribution is -2.44. The largest absolute Gasteiger partial charge is 0.369 e. The van der Waals surface area contributed by atoms with Crippen molar-refractivity contribution < 1.29 is 0 Å². The number of piperazine rings is 1. The summed E-state index contributed by atoms with van der Waals surface area (Å²) in [5.41, 5.74) is 3.63. The van der Waals surface area contributed by atoms with Crippen molar-refractivity contribution in [1.82, 2.24) is 14.9 Å². The van der Waals surface area contributed by atoms with Gasteiger partial charge >= 0.3 is 0 Å². The summed E-state index contributed by atoms with van der Waals surface area (Å²) in [6.45, 7) is 6.14. The minimum absolute atomic E-state index is 0.601. The third-order valence-corrected chi connectivity index (χ3v) is 5.11. The molecule has 0 radical (unpaired) electrons. The van der Waals surface area contributed by atoms with E-state index < -0.39 is 0 Å². The zero-order valence-electron chi connectivity index (χ0n) is 17.3. The Morgan fingerprint density at radius 2 is 1.53 bits per heavy atom. The molecule has 0 saturated carbocycles. The molecule has 4 rings (SSSR count). The van der Waals surface area contributed by atoms with Crippen molar-refractivity contribution in [2.75, 3.05) is 48.8 Å². The average Bonchev–Trinajstić information content (AvgIpc) is 2.75. The third-order valence-electron chi connectivity index (χ3n) is 5.11. The molecule has 0 atom stereocenters. The van der Waals surface area contributed by atoms with Crippen molar-refractivity contribution in [3.05, 3.63) is 66.0 Å². The van der Waals surface area contributed by atoms with Gasteiger partial charge in [0.2, 0.25) is 0 Å². The van der Waals surface area contributed by atoms with Gasteiger partial charge in [-0.05, 0) is 56.4 Å². The van der Waals surface area contributed by atoms with Crippen molar-refractivity contribution in [3.63, 3.8) is 0 Å². The lowest BCUT2D eigenvalue weighted by Gasteiger charge is -2.34. The molecule has 0 bridgehead atoms. The van der Waals surface area contributed by atoms with E-state index in [-0.39, 0.29) is 0 Å².